The first-order valence-corrected chi connectivity index (χ1v) is 6.52. The van der Waals surface area contributed by atoms with Crippen molar-refractivity contribution in [1.29, 1.82) is 0 Å². The minimum atomic E-state index is -0.541. The van der Waals surface area contributed by atoms with E-state index in [1.54, 1.807) is 0 Å². The van der Waals surface area contributed by atoms with Crippen LogP contribution in [0, 0.1) is 10.1 Å². The van der Waals surface area contributed by atoms with Crippen LogP contribution in [0.2, 0.25) is 0 Å². The molecule has 0 bridgehead atoms. The van der Waals surface area contributed by atoms with Crippen molar-refractivity contribution >= 4 is 5.82 Å². The minimum Gasteiger partial charge on any atom is -0.492 e. The number of hydrogen-bond donors (Lipinski definition) is 0. The zero-order valence-corrected chi connectivity index (χ0v) is 11.7. The molecular weight excluding hydrogens is 272 g/mol. The number of pyridine rings is 1. The lowest BCUT2D eigenvalue weighted by molar-refractivity contribution is -0.389. The second kappa shape index (κ2) is 4.73. The van der Waals surface area contributed by atoms with Crippen molar-refractivity contribution in [3.8, 4) is 17.2 Å². The standard InChI is InChI=1S/C15H14N2O4/c1-15(2)9-20-11-4-3-5-12(14(11)15)21-10-6-7-13(16-8-10)17(18)19/h3-8H,9H2,1-2H3. The van der Waals surface area contributed by atoms with Gasteiger partial charge in [0.25, 0.3) is 0 Å². The van der Waals surface area contributed by atoms with Gasteiger partial charge in [0.15, 0.2) is 11.9 Å². The molecule has 108 valence electrons. The van der Waals surface area contributed by atoms with Gasteiger partial charge in [-0.2, -0.15) is 0 Å². The molecule has 0 aliphatic carbocycles. The van der Waals surface area contributed by atoms with Crippen LogP contribution in [0.4, 0.5) is 5.82 Å². The zero-order chi connectivity index (χ0) is 15.0. The fourth-order valence-corrected chi connectivity index (χ4v) is 2.38. The van der Waals surface area contributed by atoms with Gasteiger partial charge in [0.1, 0.15) is 11.5 Å². The zero-order valence-electron chi connectivity index (χ0n) is 11.7. The van der Waals surface area contributed by atoms with E-state index < -0.39 is 4.92 Å². The molecule has 1 aliphatic heterocycles. The molecule has 0 saturated carbocycles. The summed E-state index contributed by atoms with van der Waals surface area (Å²) in [4.78, 5) is 13.8. The van der Waals surface area contributed by atoms with E-state index in [1.165, 1.54) is 18.3 Å². The number of aromatic nitrogens is 1. The van der Waals surface area contributed by atoms with E-state index in [0.717, 1.165) is 11.3 Å². The van der Waals surface area contributed by atoms with Crippen LogP contribution >= 0.6 is 0 Å². The third-order valence-corrected chi connectivity index (χ3v) is 3.39. The lowest BCUT2D eigenvalue weighted by atomic mass is 9.86. The molecule has 0 atom stereocenters. The summed E-state index contributed by atoms with van der Waals surface area (Å²) in [6, 6.07) is 8.48. The van der Waals surface area contributed by atoms with Crippen molar-refractivity contribution in [2.24, 2.45) is 0 Å². The number of benzene rings is 1. The van der Waals surface area contributed by atoms with Crippen molar-refractivity contribution in [1.82, 2.24) is 4.98 Å². The SMILES string of the molecule is CC1(C)COc2cccc(Oc3ccc([N+](=O)[O-])nc3)c21. The Kier molecular flexibility index (Phi) is 3.01. The van der Waals surface area contributed by atoms with Crippen molar-refractivity contribution < 1.29 is 14.4 Å². The smallest absolute Gasteiger partial charge is 0.363 e. The normalized spacial score (nSPS) is 15.1. The Bertz CT molecular complexity index is 695. The molecule has 21 heavy (non-hydrogen) atoms. The van der Waals surface area contributed by atoms with Gasteiger partial charge in [-0.15, -0.1) is 0 Å². The molecule has 1 aromatic carbocycles. The quantitative estimate of drug-likeness (QED) is 0.638. The van der Waals surface area contributed by atoms with E-state index in [0.29, 0.717) is 18.1 Å². The van der Waals surface area contributed by atoms with Gasteiger partial charge in [0.2, 0.25) is 0 Å². The van der Waals surface area contributed by atoms with Crippen molar-refractivity contribution in [2.45, 2.75) is 19.3 Å². The molecule has 2 aromatic rings. The molecular formula is C15H14N2O4. The average molecular weight is 286 g/mol. The van der Waals surface area contributed by atoms with Crippen molar-refractivity contribution in [3.05, 3.63) is 52.2 Å². The lowest BCUT2D eigenvalue weighted by Gasteiger charge is -2.18. The Morgan fingerprint density at radius 3 is 2.81 bits per heavy atom. The maximum Gasteiger partial charge on any atom is 0.363 e. The van der Waals surface area contributed by atoms with E-state index in [1.807, 2.05) is 18.2 Å². The number of nitrogens with zero attached hydrogens (tertiary/aromatic N) is 2. The van der Waals surface area contributed by atoms with E-state index in [4.69, 9.17) is 9.47 Å². The first-order valence-electron chi connectivity index (χ1n) is 6.52. The van der Waals surface area contributed by atoms with Crippen LogP contribution in [0.3, 0.4) is 0 Å². The maximum absolute atomic E-state index is 10.6. The first-order chi connectivity index (χ1) is 9.97. The Morgan fingerprint density at radius 2 is 2.14 bits per heavy atom. The molecule has 0 saturated heterocycles. The van der Waals surface area contributed by atoms with Gasteiger partial charge >= 0.3 is 5.82 Å². The largest absolute Gasteiger partial charge is 0.492 e. The number of hydrogen-bond acceptors (Lipinski definition) is 5. The number of fused-ring (bicyclic) bond motifs is 1. The molecule has 1 aliphatic rings. The molecule has 3 rings (SSSR count). The van der Waals surface area contributed by atoms with Crippen molar-refractivity contribution in [2.75, 3.05) is 6.61 Å². The third-order valence-electron chi connectivity index (χ3n) is 3.39. The summed E-state index contributed by atoms with van der Waals surface area (Å²) in [6.07, 6.45) is 1.35. The minimum absolute atomic E-state index is 0.139. The lowest BCUT2D eigenvalue weighted by Crippen LogP contribution is -2.18. The van der Waals surface area contributed by atoms with E-state index in [-0.39, 0.29) is 11.2 Å². The summed E-state index contributed by atoms with van der Waals surface area (Å²) in [7, 11) is 0. The molecule has 0 fully saturated rings. The fraction of sp³-hybridized carbons (Fsp3) is 0.267. The number of ether oxygens (including phenoxy) is 2. The van der Waals surface area contributed by atoms with Gasteiger partial charge in [-0.3, -0.25) is 0 Å². The van der Waals surface area contributed by atoms with Crippen LogP contribution < -0.4 is 9.47 Å². The molecule has 0 radical (unpaired) electrons. The van der Waals surface area contributed by atoms with Gasteiger partial charge in [0.05, 0.1) is 6.61 Å². The molecule has 6 heteroatoms. The number of rotatable bonds is 3. The third kappa shape index (κ3) is 2.40. The predicted molar refractivity (Wildman–Crippen MR) is 75.9 cm³/mol. The van der Waals surface area contributed by atoms with E-state index >= 15 is 0 Å². The highest BCUT2D eigenvalue weighted by Gasteiger charge is 2.35. The second-order valence-electron chi connectivity index (χ2n) is 5.51. The van der Waals surface area contributed by atoms with Crippen LogP contribution in [0.25, 0.3) is 0 Å². The van der Waals surface area contributed by atoms with Crippen LogP contribution in [-0.4, -0.2) is 16.5 Å². The van der Waals surface area contributed by atoms with Crippen LogP contribution in [0.1, 0.15) is 19.4 Å². The Labute approximate surface area is 121 Å². The molecule has 0 spiro atoms. The van der Waals surface area contributed by atoms with Gasteiger partial charge in [-0.1, -0.05) is 19.9 Å². The van der Waals surface area contributed by atoms with E-state index in [2.05, 4.69) is 18.8 Å². The first kappa shape index (κ1) is 13.4. The van der Waals surface area contributed by atoms with Gasteiger partial charge in [-0.05, 0) is 28.1 Å². The molecule has 0 amide bonds. The monoisotopic (exact) mass is 286 g/mol. The maximum atomic E-state index is 10.6. The van der Waals surface area contributed by atoms with E-state index in [9.17, 15) is 10.1 Å². The van der Waals surface area contributed by atoms with Crippen LogP contribution in [-0.2, 0) is 5.41 Å². The average Bonchev–Trinajstić information content (AvgIpc) is 2.76. The highest BCUT2D eigenvalue weighted by Crippen LogP contribution is 2.45. The molecule has 6 nitrogen and oxygen atoms in total. The topological polar surface area (TPSA) is 74.5 Å². The van der Waals surface area contributed by atoms with Crippen LogP contribution in [0.15, 0.2) is 36.5 Å². The van der Waals surface area contributed by atoms with Gasteiger partial charge in [0, 0.05) is 17.0 Å². The number of nitro groups is 1. The fourth-order valence-electron chi connectivity index (χ4n) is 2.38. The second-order valence-corrected chi connectivity index (χ2v) is 5.51. The summed E-state index contributed by atoms with van der Waals surface area (Å²) in [6.45, 7) is 4.76. The highest BCUT2D eigenvalue weighted by molar-refractivity contribution is 5.53. The summed E-state index contributed by atoms with van der Waals surface area (Å²) in [5.74, 6) is 1.75. The molecule has 1 aromatic heterocycles. The summed E-state index contributed by atoms with van der Waals surface area (Å²) >= 11 is 0. The van der Waals surface area contributed by atoms with Crippen molar-refractivity contribution in [3.63, 3.8) is 0 Å². The van der Waals surface area contributed by atoms with Gasteiger partial charge < -0.3 is 19.6 Å². The summed E-state index contributed by atoms with van der Waals surface area (Å²) < 4.78 is 11.5. The van der Waals surface area contributed by atoms with Gasteiger partial charge in [-0.25, -0.2) is 0 Å². The van der Waals surface area contributed by atoms with Crippen LogP contribution in [0.5, 0.6) is 17.2 Å². The molecule has 2 heterocycles. The Morgan fingerprint density at radius 1 is 1.33 bits per heavy atom. The Hall–Kier alpha value is -2.63. The molecule has 0 unspecified atom stereocenters. The highest BCUT2D eigenvalue weighted by atomic mass is 16.6. The summed E-state index contributed by atoms with van der Waals surface area (Å²) in [5.41, 5.74) is 0.864. The Balaban J connectivity index is 1.93. The predicted octanol–water partition coefficient (Wildman–Crippen LogP) is 3.45. The molecule has 0 N–H and O–H groups in total. The summed E-state index contributed by atoms with van der Waals surface area (Å²) in [5, 5.41) is 10.6.